The number of carbonyl (C=O) groups excluding carboxylic acids is 1. The van der Waals surface area contributed by atoms with Crippen LogP contribution in [0.25, 0.3) is 0 Å². The third-order valence-electron chi connectivity index (χ3n) is 5.04. The number of hydrogen-bond donors (Lipinski definition) is 0. The molecule has 0 bridgehead atoms. The van der Waals surface area contributed by atoms with E-state index in [4.69, 9.17) is 21.1 Å². The molecule has 2 aliphatic rings. The second-order valence-electron chi connectivity index (χ2n) is 6.57. The number of rotatable bonds is 3. The minimum Gasteiger partial charge on any atom is -0.490 e. The number of carbonyl (C=O) groups is 1. The highest BCUT2D eigenvalue weighted by Crippen LogP contribution is 2.53. The molecule has 138 valence electrons. The molecule has 2 aliphatic heterocycles. The SMILES string of the molecule is COc1ccc2c(n1)C1(CO2)CC(=O)N(Cc2ccc(Cl)s2)c2ccsc21. The normalized spacial score (nSPS) is 20.5. The van der Waals surface area contributed by atoms with Gasteiger partial charge in [-0.25, -0.2) is 4.98 Å². The van der Waals surface area contributed by atoms with Crippen molar-refractivity contribution < 1.29 is 14.3 Å². The number of anilines is 1. The molecule has 0 N–H and O–H groups in total. The van der Waals surface area contributed by atoms with Crippen LogP contribution in [-0.2, 0) is 16.8 Å². The van der Waals surface area contributed by atoms with Crippen LogP contribution in [0.15, 0.2) is 35.7 Å². The fourth-order valence-electron chi connectivity index (χ4n) is 3.79. The Morgan fingerprint density at radius 3 is 3.00 bits per heavy atom. The third kappa shape index (κ3) is 2.56. The molecule has 8 heteroatoms. The van der Waals surface area contributed by atoms with Crippen molar-refractivity contribution in [1.29, 1.82) is 0 Å². The molecular formula is C19H15ClN2O3S2. The van der Waals surface area contributed by atoms with Crippen LogP contribution in [0.5, 0.6) is 11.6 Å². The van der Waals surface area contributed by atoms with Gasteiger partial charge >= 0.3 is 0 Å². The number of aromatic nitrogens is 1. The predicted octanol–water partition coefficient (Wildman–Crippen LogP) is 4.48. The lowest BCUT2D eigenvalue weighted by atomic mass is 9.77. The van der Waals surface area contributed by atoms with E-state index in [2.05, 4.69) is 4.98 Å². The van der Waals surface area contributed by atoms with E-state index in [-0.39, 0.29) is 5.91 Å². The van der Waals surface area contributed by atoms with Gasteiger partial charge in [0, 0.05) is 22.2 Å². The van der Waals surface area contributed by atoms with Gasteiger partial charge in [-0.2, -0.15) is 0 Å². The summed E-state index contributed by atoms with van der Waals surface area (Å²) in [6.45, 7) is 0.940. The highest BCUT2D eigenvalue weighted by atomic mass is 35.5. The van der Waals surface area contributed by atoms with Crippen molar-refractivity contribution in [2.24, 2.45) is 0 Å². The number of methoxy groups -OCH3 is 1. The molecule has 3 aromatic heterocycles. The first-order valence-electron chi connectivity index (χ1n) is 8.41. The zero-order valence-electron chi connectivity index (χ0n) is 14.4. The average molecular weight is 419 g/mol. The van der Waals surface area contributed by atoms with E-state index in [1.54, 1.807) is 24.5 Å². The lowest BCUT2D eigenvalue weighted by Crippen LogP contribution is -2.45. The number of fused-ring (bicyclic) bond motifs is 4. The molecule has 0 radical (unpaired) electrons. The maximum absolute atomic E-state index is 13.2. The van der Waals surface area contributed by atoms with E-state index < -0.39 is 5.41 Å². The van der Waals surface area contributed by atoms with Crippen LogP contribution in [0.3, 0.4) is 0 Å². The Hall–Kier alpha value is -2.09. The average Bonchev–Trinajstić information content (AvgIpc) is 3.38. The summed E-state index contributed by atoms with van der Waals surface area (Å²) in [5.41, 5.74) is 1.17. The summed E-state index contributed by atoms with van der Waals surface area (Å²) >= 11 is 9.20. The van der Waals surface area contributed by atoms with Crippen LogP contribution in [0.4, 0.5) is 5.69 Å². The van der Waals surface area contributed by atoms with Gasteiger partial charge in [0.15, 0.2) is 0 Å². The van der Waals surface area contributed by atoms with Crippen molar-refractivity contribution in [3.63, 3.8) is 0 Å². The molecule has 5 heterocycles. The molecule has 5 nitrogen and oxygen atoms in total. The van der Waals surface area contributed by atoms with E-state index in [0.717, 1.165) is 31.2 Å². The number of amides is 1. The Kier molecular flexibility index (Phi) is 3.93. The second kappa shape index (κ2) is 6.22. The first-order valence-corrected chi connectivity index (χ1v) is 10.5. The molecule has 0 fully saturated rings. The summed E-state index contributed by atoms with van der Waals surface area (Å²) < 4.78 is 12.0. The number of pyridine rings is 1. The lowest BCUT2D eigenvalue weighted by Gasteiger charge is -2.37. The number of ether oxygens (including phenoxy) is 2. The van der Waals surface area contributed by atoms with E-state index in [1.165, 1.54) is 11.3 Å². The largest absolute Gasteiger partial charge is 0.490 e. The number of halogens is 1. The van der Waals surface area contributed by atoms with Crippen LogP contribution in [0.2, 0.25) is 4.34 Å². The molecule has 1 spiro atoms. The van der Waals surface area contributed by atoms with Crippen molar-refractivity contribution in [1.82, 2.24) is 4.98 Å². The minimum absolute atomic E-state index is 0.0616. The Balaban J connectivity index is 1.60. The van der Waals surface area contributed by atoms with E-state index in [9.17, 15) is 4.79 Å². The summed E-state index contributed by atoms with van der Waals surface area (Å²) in [6, 6.07) is 9.49. The van der Waals surface area contributed by atoms with Crippen molar-refractivity contribution in [3.05, 3.63) is 55.5 Å². The molecule has 0 saturated carbocycles. The fraction of sp³-hybridized carbons (Fsp3) is 0.263. The topological polar surface area (TPSA) is 51.7 Å². The maximum atomic E-state index is 13.2. The van der Waals surface area contributed by atoms with Gasteiger partial charge in [-0.3, -0.25) is 4.79 Å². The zero-order chi connectivity index (χ0) is 18.6. The first kappa shape index (κ1) is 17.0. The molecule has 0 aliphatic carbocycles. The second-order valence-corrected chi connectivity index (χ2v) is 9.28. The van der Waals surface area contributed by atoms with E-state index in [0.29, 0.717) is 25.5 Å². The smallest absolute Gasteiger partial charge is 0.228 e. The van der Waals surface area contributed by atoms with Crippen LogP contribution >= 0.6 is 34.3 Å². The van der Waals surface area contributed by atoms with Gasteiger partial charge in [0.25, 0.3) is 0 Å². The fourth-order valence-corrected chi connectivity index (χ4v) is 5.95. The standard InChI is InChI=1S/C19H15ClN2O3S2/c1-24-15-5-3-13-17(21-15)19(10-25-13)8-16(23)22(12-6-7-26-18(12)19)9-11-2-4-14(20)27-11/h2-7H,8-10H2,1H3. The number of hydrogen-bond acceptors (Lipinski definition) is 6. The summed E-state index contributed by atoms with van der Waals surface area (Å²) in [4.78, 5) is 21.8. The summed E-state index contributed by atoms with van der Waals surface area (Å²) in [5.74, 6) is 1.31. The van der Waals surface area contributed by atoms with Crippen molar-refractivity contribution >= 4 is 45.9 Å². The summed E-state index contributed by atoms with van der Waals surface area (Å²) in [7, 11) is 1.59. The molecule has 1 amide bonds. The van der Waals surface area contributed by atoms with Crippen molar-refractivity contribution in [2.45, 2.75) is 18.4 Å². The zero-order valence-corrected chi connectivity index (χ0v) is 16.8. The number of thiophene rings is 2. The van der Waals surface area contributed by atoms with E-state index in [1.807, 2.05) is 34.5 Å². The Labute approximate surface area is 169 Å². The quantitative estimate of drug-likeness (QED) is 0.629. The third-order valence-corrected chi connectivity index (χ3v) is 7.36. The highest BCUT2D eigenvalue weighted by Gasteiger charge is 2.52. The van der Waals surface area contributed by atoms with Crippen LogP contribution < -0.4 is 14.4 Å². The Bertz CT molecular complexity index is 1050. The monoisotopic (exact) mass is 418 g/mol. The lowest BCUT2D eigenvalue weighted by molar-refractivity contribution is -0.120. The van der Waals surface area contributed by atoms with Gasteiger partial charge in [0.1, 0.15) is 18.1 Å². The van der Waals surface area contributed by atoms with Crippen LogP contribution in [0, 0.1) is 0 Å². The van der Waals surface area contributed by atoms with Crippen molar-refractivity contribution in [2.75, 3.05) is 18.6 Å². The van der Waals surface area contributed by atoms with Gasteiger partial charge < -0.3 is 14.4 Å². The highest BCUT2D eigenvalue weighted by molar-refractivity contribution is 7.16. The molecule has 0 aromatic carbocycles. The predicted molar refractivity (Wildman–Crippen MR) is 107 cm³/mol. The molecule has 3 aromatic rings. The van der Waals surface area contributed by atoms with Crippen molar-refractivity contribution in [3.8, 4) is 11.6 Å². The van der Waals surface area contributed by atoms with Gasteiger partial charge in [-0.05, 0) is 29.6 Å². The maximum Gasteiger partial charge on any atom is 0.228 e. The van der Waals surface area contributed by atoms with E-state index >= 15 is 0 Å². The Morgan fingerprint density at radius 1 is 1.33 bits per heavy atom. The molecule has 5 rings (SSSR count). The van der Waals surface area contributed by atoms with Gasteiger partial charge in [0.05, 0.1) is 29.1 Å². The Morgan fingerprint density at radius 2 is 2.22 bits per heavy atom. The van der Waals surface area contributed by atoms with Crippen LogP contribution in [-0.4, -0.2) is 24.6 Å². The molecule has 1 unspecified atom stereocenters. The van der Waals surface area contributed by atoms with Crippen LogP contribution in [0.1, 0.15) is 21.9 Å². The first-order chi connectivity index (χ1) is 13.1. The summed E-state index contributed by atoms with van der Waals surface area (Å²) in [6.07, 6.45) is 0.326. The molecule has 27 heavy (non-hydrogen) atoms. The molecular weight excluding hydrogens is 404 g/mol. The minimum atomic E-state index is -0.548. The number of nitrogens with zero attached hydrogens (tertiary/aromatic N) is 2. The van der Waals surface area contributed by atoms with Gasteiger partial charge in [-0.15, -0.1) is 22.7 Å². The summed E-state index contributed by atoms with van der Waals surface area (Å²) in [5, 5.41) is 2.03. The molecule has 1 atom stereocenters. The molecule has 0 saturated heterocycles. The van der Waals surface area contributed by atoms with Gasteiger partial charge in [0.2, 0.25) is 11.8 Å². The van der Waals surface area contributed by atoms with Gasteiger partial charge in [-0.1, -0.05) is 11.6 Å².